The van der Waals surface area contributed by atoms with Crippen molar-refractivity contribution in [3.63, 3.8) is 0 Å². The van der Waals surface area contributed by atoms with E-state index in [0.717, 1.165) is 24.3 Å². The number of hydrogen-bond donors (Lipinski definition) is 2. The third-order valence-electron chi connectivity index (χ3n) is 3.27. The normalized spacial score (nSPS) is 10.5. The highest BCUT2D eigenvalue weighted by molar-refractivity contribution is 6.02. The zero-order valence-corrected chi connectivity index (χ0v) is 12.9. The third kappa shape index (κ3) is 3.94. The average molecular weight is 362 g/mol. The van der Waals surface area contributed by atoms with Crippen LogP contribution in [0.1, 0.15) is 10.5 Å². The van der Waals surface area contributed by atoms with E-state index in [1.165, 1.54) is 24.3 Å². The number of amides is 1. The summed E-state index contributed by atoms with van der Waals surface area (Å²) in [7, 11) is 0. The van der Waals surface area contributed by atoms with Gasteiger partial charge in [-0.1, -0.05) is 0 Å². The summed E-state index contributed by atoms with van der Waals surface area (Å²) >= 11 is 0. The Hall–Kier alpha value is -3.49. The van der Waals surface area contributed by atoms with Gasteiger partial charge in [-0.2, -0.15) is 0 Å². The monoisotopic (exact) mass is 362 g/mol. The molecule has 0 fully saturated rings. The summed E-state index contributed by atoms with van der Waals surface area (Å²) in [6.45, 7) is 0. The number of carbonyl (C=O) groups is 1. The fourth-order valence-electron chi connectivity index (χ4n) is 2.01. The van der Waals surface area contributed by atoms with Crippen molar-refractivity contribution in [3.05, 3.63) is 77.5 Å². The molecule has 132 valence electrons. The number of nitrogens with zero attached hydrogens (tertiary/aromatic N) is 2. The minimum absolute atomic E-state index is 0.0553. The lowest BCUT2D eigenvalue weighted by atomic mass is 10.2. The Morgan fingerprint density at radius 1 is 0.731 bits per heavy atom. The van der Waals surface area contributed by atoms with Gasteiger partial charge in [-0.05, 0) is 36.4 Å². The molecule has 0 unspecified atom stereocenters. The fourth-order valence-corrected chi connectivity index (χ4v) is 2.01. The van der Waals surface area contributed by atoms with E-state index in [9.17, 15) is 22.4 Å². The zero-order chi connectivity index (χ0) is 18.7. The first kappa shape index (κ1) is 17.3. The van der Waals surface area contributed by atoms with Crippen LogP contribution in [0.5, 0.6) is 0 Å². The van der Waals surface area contributed by atoms with E-state index in [0.29, 0.717) is 0 Å². The molecule has 0 radical (unpaired) electrons. The third-order valence-corrected chi connectivity index (χ3v) is 3.27. The Morgan fingerprint density at radius 3 is 1.92 bits per heavy atom. The maximum atomic E-state index is 13.2. The summed E-state index contributed by atoms with van der Waals surface area (Å²) < 4.78 is 52.0. The highest BCUT2D eigenvalue weighted by Gasteiger charge is 2.11. The lowest BCUT2D eigenvalue weighted by molar-refractivity contribution is 0.102. The van der Waals surface area contributed by atoms with E-state index < -0.39 is 29.2 Å². The van der Waals surface area contributed by atoms with E-state index in [-0.39, 0.29) is 22.9 Å². The van der Waals surface area contributed by atoms with Crippen LogP contribution in [-0.2, 0) is 0 Å². The van der Waals surface area contributed by atoms with Crippen LogP contribution in [0.2, 0.25) is 0 Å². The molecule has 0 bridgehead atoms. The van der Waals surface area contributed by atoms with Crippen LogP contribution in [0, 0.1) is 23.3 Å². The van der Waals surface area contributed by atoms with Crippen molar-refractivity contribution in [2.24, 2.45) is 0 Å². The summed E-state index contributed by atoms with van der Waals surface area (Å²) in [4.78, 5) is 12.0. The van der Waals surface area contributed by atoms with Gasteiger partial charge in [0.05, 0.1) is 0 Å². The summed E-state index contributed by atoms with van der Waals surface area (Å²) in [6.07, 6.45) is 0. The molecule has 2 aromatic carbocycles. The quantitative estimate of drug-likeness (QED) is 0.688. The van der Waals surface area contributed by atoms with Crippen LogP contribution in [0.4, 0.5) is 34.8 Å². The van der Waals surface area contributed by atoms with Crippen LogP contribution >= 0.6 is 0 Å². The van der Waals surface area contributed by atoms with Crippen molar-refractivity contribution in [2.75, 3.05) is 10.6 Å². The van der Waals surface area contributed by atoms with Gasteiger partial charge < -0.3 is 10.6 Å². The molecule has 0 aliphatic heterocycles. The number of halogens is 4. The molecule has 0 spiro atoms. The molecular weight excluding hydrogens is 352 g/mol. The van der Waals surface area contributed by atoms with Crippen LogP contribution in [-0.4, -0.2) is 16.1 Å². The first-order valence-corrected chi connectivity index (χ1v) is 7.24. The van der Waals surface area contributed by atoms with Gasteiger partial charge in [0.2, 0.25) is 0 Å². The summed E-state index contributed by atoms with van der Waals surface area (Å²) in [5, 5.41) is 12.5. The Kier molecular flexibility index (Phi) is 4.78. The average Bonchev–Trinajstić information content (AvgIpc) is 2.62. The smallest absolute Gasteiger partial charge is 0.276 e. The number of anilines is 3. The summed E-state index contributed by atoms with van der Waals surface area (Å²) in [6, 6.07) is 8.84. The van der Waals surface area contributed by atoms with E-state index in [1.54, 1.807) is 0 Å². The lowest BCUT2D eigenvalue weighted by Crippen LogP contribution is -2.14. The number of nitrogens with one attached hydrogen (secondary N) is 2. The number of rotatable bonds is 4. The van der Waals surface area contributed by atoms with E-state index in [1.807, 2.05) is 0 Å². The van der Waals surface area contributed by atoms with Crippen LogP contribution in [0.25, 0.3) is 0 Å². The molecule has 0 saturated heterocycles. The number of aromatic nitrogens is 2. The van der Waals surface area contributed by atoms with Crippen LogP contribution in [0.3, 0.4) is 0 Å². The van der Waals surface area contributed by atoms with Crippen molar-refractivity contribution in [3.8, 4) is 0 Å². The Balaban J connectivity index is 1.69. The molecule has 3 rings (SSSR count). The number of carbonyl (C=O) groups excluding carboxylic acids is 1. The van der Waals surface area contributed by atoms with E-state index >= 15 is 0 Å². The largest absolute Gasteiger partial charge is 0.339 e. The Morgan fingerprint density at radius 2 is 1.35 bits per heavy atom. The molecule has 3 aromatic rings. The molecule has 9 heteroatoms. The molecule has 0 aliphatic rings. The summed E-state index contributed by atoms with van der Waals surface area (Å²) in [5.41, 5.74) is 0.224. The van der Waals surface area contributed by atoms with Crippen LogP contribution in [0.15, 0.2) is 48.5 Å². The maximum Gasteiger partial charge on any atom is 0.276 e. The number of hydrogen-bond acceptors (Lipinski definition) is 4. The van der Waals surface area contributed by atoms with Gasteiger partial charge in [0.25, 0.3) is 5.91 Å². The predicted molar refractivity (Wildman–Crippen MR) is 86.0 cm³/mol. The molecule has 0 atom stereocenters. The van der Waals surface area contributed by atoms with Gasteiger partial charge in [-0.15, -0.1) is 10.2 Å². The Bertz CT molecular complexity index is 963. The minimum Gasteiger partial charge on any atom is -0.339 e. The SMILES string of the molecule is O=C(Nc1ccc(F)c(F)c1)c1ccc(Nc2ccc(F)c(F)c2)nn1. The van der Waals surface area contributed by atoms with Crippen molar-refractivity contribution in [1.29, 1.82) is 0 Å². The van der Waals surface area contributed by atoms with Gasteiger partial charge in [0, 0.05) is 23.5 Å². The molecule has 1 heterocycles. The van der Waals surface area contributed by atoms with E-state index in [2.05, 4.69) is 20.8 Å². The molecular formula is C17H10F4N4O. The second kappa shape index (κ2) is 7.18. The summed E-state index contributed by atoms with van der Waals surface area (Å²) in [5.74, 6) is -4.62. The zero-order valence-electron chi connectivity index (χ0n) is 12.9. The topological polar surface area (TPSA) is 66.9 Å². The number of benzene rings is 2. The molecule has 1 aromatic heterocycles. The van der Waals surface area contributed by atoms with Crippen molar-refractivity contribution >= 4 is 23.1 Å². The standard InChI is InChI=1S/C17H10F4N4O/c18-11-3-1-9(7-13(11)20)22-16-6-5-15(24-25-16)17(26)23-10-2-4-12(19)14(21)8-10/h1-8H,(H,22,25)(H,23,26). The van der Waals surface area contributed by atoms with Gasteiger partial charge in [0.15, 0.2) is 34.8 Å². The molecule has 0 aliphatic carbocycles. The first-order chi connectivity index (χ1) is 12.4. The second-order valence-corrected chi connectivity index (χ2v) is 5.14. The molecule has 0 saturated carbocycles. The molecule has 26 heavy (non-hydrogen) atoms. The highest BCUT2D eigenvalue weighted by atomic mass is 19.2. The second-order valence-electron chi connectivity index (χ2n) is 5.14. The highest BCUT2D eigenvalue weighted by Crippen LogP contribution is 2.18. The van der Waals surface area contributed by atoms with Crippen LogP contribution < -0.4 is 10.6 Å². The molecule has 5 nitrogen and oxygen atoms in total. The first-order valence-electron chi connectivity index (χ1n) is 7.24. The van der Waals surface area contributed by atoms with Gasteiger partial charge in [-0.25, -0.2) is 17.6 Å². The van der Waals surface area contributed by atoms with Gasteiger partial charge in [0.1, 0.15) is 0 Å². The minimum atomic E-state index is -1.10. The maximum absolute atomic E-state index is 13.2. The van der Waals surface area contributed by atoms with Gasteiger partial charge in [-0.3, -0.25) is 4.79 Å². The van der Waals surface area contributed by atoms with Gasteiger partial charge >= 0.3 is 0 Å². The molecule has 2 N–H and O–H groups in total. The van der Waals surface area contributed by atoms with E-state index in [4.69, 9.17) is 0 Å². The predicted octanol–water partition coefficient (Wildman–Crippen LogP) is 4.03. The van der Waals surface area contributed by atoms with Crippen molar-refractivity contribution in [2.45, 2.75) is 0 Å². The fraction of sp³-hybridized carbons (Fsp3) is 0. The lowest BCUT2D eigenvalue weighted by Gasteiger charge is -2.07. The molecule has 1 amide bonds. The van der Waals surface area contributed by atoms with Crippen molar-refractivity contribution in [1.82, 2.24) is 10.2 Å². The Labute approximate surface area is 144 Å². The van der Waals surface area contributed by atoms with Crippen molar-refractivity contribution < 1.29 is 22.4 Å².